The molecule has 0 saturated carbocycles. The Hall–Kier alpha value is -4.35. The lowest BCUT2D eigenvalue weighted by Crippen LogP contribution is -2.21. The van der Waals surface area contributed by atoms with Crippen molar-refractivity contribution in [3.05, 3.63) is 58.3 Å². The maximum atomic E-state index is 10.6. The maximum Gasteiger partial charge on any atom is 0.490 e. The molecule has 3 aromatic heterocycles. The lowest BCUT2D eigenvalue weighted by molar-refractivity contribution is -0.192. The molecule has 1 aromatic carbocycles. The lowest BCUT2D eigenvalue weighted by atomic mass is 10.1. The standard InChI is InChI=1S/C19H15Cl2N9.C2HF3O2/c20-12-2-3-13(14(21)7-12)15-8-17-26-10-27-30(17)19(28-15)25-6-5-24-16-4-1-11(9-22)18(23)29-16;3-2(4,5)1(6)7/h1-4,7-8,10H,5-6H2,(H,25,28)(H3,23,24,29);(H,6,7). The molecule has 0 aliphatic rings. The number of rotatable bonds is 6. The summed E-state index contributed by atoms with van der Waals surface area (Å²) in [5.41, 5.74) is 8.09. The maximum absolute atomic E-state index is 10.6. The van der Waals surface area contributed by atoms with E-state index in [1.54, 1.807) is 34.8 Å². The van der Waals surface area contributed by atoms with E-state index < -0.39 is 12.1 Å². The average molecular weight is 554 g/mol. The fourth-order valence-corrected chi connectivity index (χ4v) is 3.32. The van der Waals surface area contributed by atoms with E-state index in [1.165, 1.54) is 6.33 Å². The van der Waals surface area contributed by atoms with E-state index in [4.69, 9.17) is 44.1 Å². The number of carboxylic acids is 1. The number of hydrogen-bond acceptors (Lipinski definition) is 9. The van der Waals surface area contributed by atoms with E-state index in [1.807, 2.05) is 12.1 Å². The van der Waals surface area contributed by atoms with Gasteiger partial charge in [-0.25, -0.2) is 19.7 Å². The van der Waals surface area contributed by atoms with Crippen molar-refractivity contribution in [3.63, 3.8) is 0 Å². The average Bonchev–Trinajstić information content (AvgIpc) is 3.30. The largest absolute Gasteiger partial charge is 0.490 e. The first-order valence-corrected chi connectivity index (χ1v) is 10.9. The van der Waals surface area contributed by atoms with Crippen molar-refractivity contribution < 1.29 is 23.1 Å². The van der Waals surface area contributed by atoms with Crippen molar-refractivity contribution in [2.45, 2.75) is 6.18 Å². The molecule has 11 nitrogen and oxygen atoms in total. The van der Waals surface area contributed by atoms with Crippen molar-refractivity contribution in [2.24, 2.45) is 0 Å². The zero-order valence-corrected chi connectivity index (χ0v) is 20.0. The summed E-state index contributed by atoms with van der Waals surface area (Å²) in [6.07, 6.45) is -3.63. The molecule has 0 fully saturated rings. The first-order valence-electron chi connectivity index (χ1n) is 10.1. The quantitative estimate of drug-likeness (QED) is 0.255. The summed E-state index contributed by atoms with van der Waals surface area (Å²) in [5, 5.41) is 27.7. The van der Waals surface area contributed by atoms with Crippen LogP contribution in [0, 0.1) is 11.3 Å². The summed E-state index contributed by atoms with van der Waals surface area (Å²) >= 11 is 12.3. The number of nitrogens with one attached hydrogen (secondary N) is 2. The van der Waals surface area contributed by atoms with Crippen molar-refractivity contribution >= 4 is 52.4 Å². The fourth-order valence-electron chi connectivity index (χ4n) is 2.81. The number of anilines is 3. The van der Waals surface area contributed by atoms with Crippen LogP contribution in [-0.4, -0.2) is 54.9 Å². The molecule has 0 unspecified atom stereocenters. The normalized spacial score (nSPS) is 10.8. The Bertz CT molecular complexity index is 1470. The van der Waals surface area contributed by atoms with Gasteiger partial charge in [-0.3, -0.25) is 0 Å². The molecule has 16 heteroatoms. The van der Waals surface area contributed by atoms with Gasteiger partial charge in [0.15, 0.2) is 5.65 Å². The molecule has 0 amide bonds. The summed E-state index contributed by atoms with van der Waals surface area (Å²) in [6, 6.07) is 12.3. The molecule has 0 atom stereocenters. The molecule has 0 radical (unpaired) electrons. The van der Waals surface area contributed by atoms with Gasteiger partial charge in [-0.2, -0.15) is 28.0 Å². The number of nitrogen functional groups attached to an aromatic ring is 1. The highest BCUT2D eigenvalue weighted by Gasteiger charge is 2.38. The number of nitriles is 1. The molecular formula is C21H16Cl2F3N9O2. The second-order valence-corrected chi connectivity index (χ2v) is 7.86. The number of carbonyl (C=O) groups is 1. The zero-order chi connectivity index (χ0) is 27.2. The van der Waals surface area contributed by atoms with Gasteiger partial charge >= 0.3 is 12.1 Å². The van der Waals surface area contributed by atoms with Crippen LogP contribution in [0.3, 0.4) is 0 Å². The van der Waals surface area contributed by atoms with Gasteiger partial charge in [0.05, 0.1) is 16.3 Å². The second-order valence-electron chi connectivity index (χ2n) is 7.02. The first-order chi connectivity index (χ1) is 17.5. The number of pyridine rings is 1. The van der Waals surface area contributed by atoms with Crippen molar-refractivity contribution in [2.75, 3.05) is 29.5 Å². The Labute approximate surface area is 216 Å². The van der Waals surface area contributed by atoms with Crippen LogP contribution in [0.1, 0.15) is 5.56 Å². The molecule has 4 rings (SSSR count). The third kappa shape index (κ3) is 7.09. The minimum atomic E-state index is -5.08. The van der Waals surface area contributed by atoms with Gasteiger partial charge in [-0.15, -0.1) is 0 Å². The SMILES string of the molecule is N#Cc1ccc(NCCNc2nc(-c3ccc(Cl)cc3Cl)cc3ncnn23)nc1N.O=C(O)C(F)(F)F. The number of hydrogen-bond donors (Lipinski definition) is 4. The molecule has 0 bridgehead atoms. The fraction of sp³-hybridized carbons (Fsp3) is 0.143. The molecule has 0 saturated heterocycles. The molecule has 0 aliphatic carbocycles. The van der Waals surface area contributed by atoms with Crippen LogP contribution in [0.25, 0.3) is 16.9 Å². The van der Waals surface area contributed by atoms with Crippen molar-refractivity contribution in [1.82, 2.24) is 24.6 Å². The smallest absolute Gasteiger partial charge is 0.475 e. The monoisotopic (exact) mass is 553 g/mol. The zero-order valence-electron chi connectivity index (χ0n) is 18.5. The highest BCUT2D eigenvalue weighted by Crippen LogP contribution is 2.30. The lowest BCUT2D eigenvalue weighted by Gasteiger charge is -2.11. The van der Waals surface area contributed by atoms with Gasteiger partial charge in [-0.1, -0.05) is 23.2 Å². The van der Waals surface area contributed by atoms with Crippen LogP contribution in [-0.2, 0) is 4.79 Å². The number of benzene rings is 1. The number of fused-ring (bicyclic) bond motifs is 1. The number of aromatic nitrogens is 5. The predicted molar refractivity (Wildman–Crippen MR) is 130 cm³/mol. The molecule has 3 heterocycles. The van der Waals surface area contributed by atoms with Crippen molar-refractivity contribution in [3.8, 4) is 17.3 Å². The topological polar surface area (TPSA) is 167 Å². The van der Waals surface area contributed by atoms with E-state index in [0.717, 1.165) is 5.56 Å². The Kier molecular flexibility index (Phi) is 8.53. The number of aliphatic carboxylic acids is 1. The Morgan fingerprint density at radius 1 is 1.14 bits per heavy atom. The van der Waals surface area contributed by atoms with Gasteiger partial charge in [0.2, 0.25) is 5.95 Å². The highest BCUT2D eigenvalue weighted by molar-refractivity contribution is 6.36. The van der Waals surface area contributed by atoms with Crippen LogP contribution >= 0.6 is 23.2 Å². The number of nitrogens with two attached hydrogens (primary N) is 1. The summed E-state index contributed by atoms with van der Waals surface area (Å²) in [5.74, 6) is -1.48. The van der Waals surface area contributed by atoms with Gasteiger partial charge in [0.25, 0.3) is 0 Å². The summed E-state index contributed by atoms with van der Waals surface area (Å²) in [6.45, 7) is 1.05. The molecule has 4 aromatic rings. The van der Waals surface area contributed by atoms with Crippen LogP contribution < -0.4 is 16.4 Å². The van der Waals surface area contributed by atoms with Crippen LogP contribution in [0.15, 0.2) is 42.7 Å². The third-order valence-electron chi connectivity index (χ3n) is 4.48. The van der Waals surface area contributed by atoms with Gasteiger partial charge < -0.3 is 21.5 Å². The first kappa shape index (κ1) is 27.2. The Balaban J connectivity index is 0.000000479. The van der Waals surface area contributed by atoms with Crippen LogP contribution in [0.5, 0.6) is 0 Å². The number of alkyl halides is 3. The Morgan fingerprint density at radius 2 is 1.84 bits per heavy atom. The number of nitrogens with zero attached hydrogens (tertiary/aromatic N) is 6. The van der Waals surface area contributed by atoms with E-state index >= 15 is 0 Å². The summed E-state index contributed by atoms with van der Waals surface area (Å²) in [4.78, 5) is 21.9. The summed E-state index contributed by atoms with van der Waals surface area (Å²) in [7, 11) is 0. The minimum absolute atomic E-state index is 0.189. The van der Waals surface area contributed by atoms with Gasteiger partial charge in [0, 0.05) is 29.7 Å². The van der Waals surface area contributed by atoms with Crippen LogP contribution in [0.2, 0.25) is 10.0 Å². The van der Waals surface area contributed by atoms with E-state index in [-0.39, 0.29) is 5.82 Å². The van der Waals surface area contributed by atoms with E-state index in [9.17, 15) is 13.2 Å². The molecule has 0 spiro atoms. The van der Waals surface area contributed by atoms with Crippen LogP contribution in [0.4, 0.5) is 30.8 Å². The Morgan fingerprint density at radius 3 is 2.46 bits per heavy atom. The molecule has 5 N–H and O–H groups in total. The molecule has 192 valence electrons. The predicted octanol–water partition coefficient (Wildman–Crippen LogP) is 4.10. The van der Waals surface area contributed by atoms with Gasteiger partial charge in [-0.05, 0) is 30.3 Å². The molecule has 37 heavy (non-hydrogen) atoms. The number of halogens is 5. The van der Waals surface area contributed by atoms with E-state index in [0.29, 0.717) is 51.8 Å². The third-order valence-corrected chi connectivity index (χ3v) is 5.02. The second kappa shape index (κ2) is 11.6. The number of carboxylic acid groups (broad SMARTS) is 1. The minimum Gasteiger partial charge on any atom is -0.475 e. The van der Waals surface area contributed by atoms with Crippen molar-refractivity contribution in [1.29, 1.82) is 5.26 Å². The highest BCUT2D eigenvalue weighted by atomic mass is 35.5. The summed E-state index contributed by atoms with van der Waals surface area (Å²) < 4.78 is 33.3. The molecular weight excluding hydrogens is 538 g/mol. The van der Waals surface area contributed by atoms with E-state index in [2.05, 4.69) is 30.7 Å². The van der Waals surface area contributed by atoms with Gasteiger partial charge in [0.1, 0.15) is 24.0 Å². The molecule has 0 aliphatic heterocycles.